The molecule has 0 aliphatic heterocycles. The predicted molar refractivity (Wildman–Crippen MR) is 45.6 cm³/mol. The molecule has 0 atom stereocenters. The molecular formula is C7H10F5NaO4S. The van der Waals surface area contributed by atoms with Crippen molar-refractivity contribution in [2.45, 2.75) is 24.9 Å². The average Bonchev–Trinajstić information content (AvgIpc) is 2.07. The third-order valence-corrected chi connectivity index (χ3v) is 2.45. The summed E-state index contributed by atoms with van der Waals surface area (Å²) in [6.07, 6.45) is -7.42. The van der Waals surface area contributed by atoms with Gasteiger partial charge in [-0.05, 0) is 6.42 Å². The summed E-state index contributed by atoms with van der Waals surface area (Å²) in [7, 11) is -4.42. The fourth-order valence-corrected chi connectivity index (χ4v) is 1.25. The van der Waals surface area contributed by atoms with Gasteiger partial charge in [-0.1, -0.05) is 0 Å². The van der Waals surface area contributed by atoms with Gasteiger partial charge in [-0.25, -0.2) is 8.42 Å². The van der Waals surface area contributed by atoms with Gasteiger partial charge >= 0.3 is 41.7 Å². The van der Waals surface area contributed by atoms with Crippen molar-refractivity contribution < 1.29 is 69.2 Å². The minimum atomic E-state index is -5.63. The number of ether oxygens (including phenoxy) is 1. The molecule has 104 valence electrons. The van der Waals surface area contributed by atoms with E-state index in [0.29, 0.717) is 0 Å². The van der Waals surface area contributed by atoms with Crippen LogP contribution in [0.4, 0.5) is 22.0 Å². The first-order valence-electron chi connectivity index (χ1n) is 4.41. The van der Waals surface area contributed by atoms with E-state index in [-0.39, 0.29) is 42.6 Å². The SMILES string of the molecule is O=S(=O)([O-])CCCOCCC(F)(F)C(F)(F)F.[Na+]. The third-order valence-electron chi connectivity index (χ3n) is 1.66. The van der Waals surface area contributed by atoms with Gasteiger partial charge in [-0.2, -0.15) is 22.0 Å². The molecule has 0 amide bonds. The molecule has 0 aromatic heterocycles. The maximum atomic E-state index is 12.3. The molecule has 0 heterocycles. The van der Waals surface area contributed by atoms with Crippen LogP contribution in [-0.2, 0) is 14.9 Å². The van der Waals surface area contributed by atoms with E-state index in [0.717, 1.165) is 0 Å². The van der Waals surface area contributed by atoms with Crippen molar-refractivity contribution in [3.8, 4) is 0 Å². The van der Waals surface area contributed by atoms with E-state index in [4.69, 9.17) is 0 Å². The first-order valence-corrected chi connectivity index (χ1v) is 5.99. The van der Waals surface area contributed by atoms with Crippen molar-refractivity contribution in [2.24, 2.45) is 0 Å². The minimum Gasteiger partial charge on any atom is -0.748 e. The Balaban J connectivity index is 0. The largest absolute Gasteiger partial charge is 1.00 e. The van der Waals surface area contributed by atoms with Crippen LogP contribution < -0.4 is 29.6 Å². The Kier molecular flexibility index (Phi) is 9.20. The monoisotopic (exact) mass is 308 g/mol. The molecule has 0 aliphatic rings. The molecule has 0 saturated carbocycles. The zero-order chi connectivity index (χ0) is 13.7. The molecule has 0 unspecified atom stereocenters. The molecular weight excluding hydrogens is 298 g/mol. The molecule has 0 aliphatic carbocycles. The summed E-state index contributed by atoms with van der Waals surface area (Å²) in [4.78, 5) is 0. The zero-order valence-corrected chi connectivity index (χ0v) is 12.3. The Morgan fingerprint density at radius 3 is 1.94 bits per heavy atom. The second-order valence-electron chi connectivity index (χ2n) is 3.18. The summed E-state index contributed by atoms with van der Waals surface area (Å²) in [5.41, 5.74) is 0. The molecule has 0 fully saturated rings. The van der Waals surface area contributed by atoms with Crippen molar-refractivity contribution >= 4 is 10.1 Å². The Hall–Kier alpha value is 0.520. The average molecular weight is 308 g/mol. The van der Waals surface area contributed by atoms with E-state index in [1.165, 1.54) is 0 Å². The topological polar surface area (TPSA) is 66.4 Å². The second kappa shape index (κ2) is 7.95. The van der Waals surface area contributed by atoms with Gasteiger partial charge in [0.25, 0.3) is 0 Å². The van der Waals surface area contributed by atoms with Crippen LogP contribution >= 0.6 is 0 Å². The molecule has 11 heteroatoms. The Morgan fingerprint density at radius 1 is 1.06 bits per heavy atom. The molecule has 0 N–H and O–H groups in total. The summed E-state index contributed by atoms with van der Waals surface area (Å²) in [6, 6.07) is 0. The Labute approximate surface area is 123 Å². The fourth-order valence-electron chi connectivity index (χ4n) is 0.782. The van der Waals surface area contributed by atoms with Gasteiger partial charge in [0.05, 0.1) is 16.7 Å². The normalized spacial score (nSPS) is 13.2. The van der Waals surface area contributed by atoms with Gasteiger partial charge in [0.15, 0.2) is 0 Å². The van der Waals surface area contributed by atoms with Crippen molar-refractivity contribution in [2.75, 3.05) is 19.0 Å². The van der Waals surface area contributed by atoms with E-state index in [2.05, 4.69) is 4.74 Å². The fraction of sp³-hybridized carbons (Fsp3) is 1.00. The van der Waals surface area contributed by atoms with Gasteiger partial charge in [-0.15, -0.1) is 0 Å². The van der Waals surface area contributed by atoms with E-state index in [1.807, 2.05) is 0 Å². The minimum absolute atomic E-state index is 0. The maximum absolute atomic E-state index is 12.3. The number of halogens is 5. The molecule has 0 rings (SSSR count). The number of hydrogen-bond donors (Lipinski definition) is 0. The third kappa shape index (κ3) is 9.45. The van der Waals surface area contributed by atoms with Crippen LogP contribution in [0.15, 0.2) is 0 Å². The number of alkyl halides is 5. The van der Waals surface area contributed by atoms with Crippen LogP contribution in [0.5, 0.6) is 0 Å². The van der Waals surface area contributed by atoms with E-state index >= 15 is 0 Å². The molecule has 4 nitrogen and oxygen atoms in total. The van der Waals surface area contributed by atoms with Crippen molar-refractivity contribution in [3.63, 3.8) is 0 Å². The van der Waals surface area contributed by atoms with Gasteiger partial charge < -0.3 is 9.29 Å². The van der Waals surface area contributed by atoms with Gasteiger partial charge in [0.2, 0.25) is 0 Å². The van der Waals surface area contributed by atoms with E-state index < -0.39 is 41.0 Å². The van der Waals surface area contributed by atoms with Gasteiger partial charge in [-0.3, -0.25) is 0 Å². The quantitative estimate of drug-likeness (QED) is 0.249. The van der Waals surface area contributed by atoms with Crippen LogP contribution in [-0.4, -0.2) is 44.0 Å². The van der Waals surface area contributed by atoms with Crippen LogP contribution in [0.2, 0.25) is 0 Å². The maximum Gasteiger partial charge on any atom is 1.00 e. The van der Waals surface area contributed by atoms with Crippen LogP contribution in [0.1, 0.15) is 12.8 Å². The summed E-state index contributed by atoms with van der Waals surface area (Å²) in [5, 5.41) is 0. The van der Waals surface area contributed by atoms with Crippen molar-refractivity contribution in [1.29, 1.82) is 0 Å². The summed E-state index contributed by atoms with van der Waals surface area (Å²) in [5.74, 6) is -5.58. The number of hydrogen-bond acceptors (Lipinski definition) is 4. The van der Waals surface area contributed by atoms with E-state index in [9.17, 15) is 34.9 Å². The molecule has 0 aromatic carbocycles. The number of rotatable bonds is 7. The second-order valence-corrected chi connectivity index (χ2v) is 4.70. The van der Waals surface area contributed by atoms with Crippen LogP contribution in [0, 0.1) is 0 Å². The van der Waals surface area contributed by atoms with Gasteiger partial charge in [0.1, 0.15) is 0 Å². The molecule has 0 bridgehead atoms. The smallest absolute Gasteiger partial charge is 0.748 e. The Bertz CT molecular complexity index is 329. The molecule has 0 saturated heterocycles. The Morgan fingerprint density at radius 2 is 1.56 bits per heavy atom. The van der Waals surface area contributed by atoms with Crippen molar-refractivity contribution in [1.82, 2.24) is 0 Å². The summed E-state index contributed by atoms with van der Waals surface area (Å²) < 4.78 is 94.1. The van der Waals surface area contributed by atoms with Crippen molar-refractivity contribution in [3.05, 3.63) is 0 Å². The van der Waals surface area contributed by atoms with E-state index in [1.54, 1.807) is 0 Å². The van der Waals surface area contributed by atoms with Gasteiger partial charge in [0, 0.05) is 18.8 Å². The first kappa shape index (κ1) is 20.8. The van der Waals surface area contributed by atoms with Crippen LogP contribution in [0.3, 0.4) is 0 Å². The first-order chi connectivity index (χ1) is 7.46. The summed E-state index contributed by atoms with van der Waals surface area (Å²) >= 11 is 0. The standard InChI is InChI=1S/C7H11F5O4S.Na/c8-6(9,7(10,11)12)2-4-16-3-1-5-17(13,14)15;/h1-5H2,(H,13,14,15);/q;+1/p-1. The molecule has 0 radical (unpaired) electrons. The molecule has 18 heavy (non-hydrogen) atoms. The predicted octanol–water partition coefficient (Wildman–Crippen LogP) is -1.47. The summed E-state index contributed by atoms with van der Waals surface area (Å²) in [6.45, 7) is -1.24. The van der Waals surface area contributed by atoms with Crippen LogP contribution in [0.25, 0.3) is 0 Å². The molecule has 0 spiro atoms. The zero-order valence-electron chi connectivity index (χ0n) is 9.47. The molecule has 0 aromatic rings.